The number of thiophene rings is 1. The highest BCUT2D eigenvalue weighted by molar-refractivity contribution is 7.14. The van der Waals surface area contributed by atoms with Gasteiger partial charge in [-0.3, -0.25) is 0 Å². The van der Waals surface area contributed by atoms with Crippen LogP contribution >= 0.6 is 11.3 Å². The standard InChI is InChI=1S/C15H25NO2S/c1-4-6-8-13(7-5-2)16-10-12-9-14(15(17)18)19-11(12)3/h9,13,16H,4-8,10H2,1-3H3,(H,17,18). The number of aryl methyl sites for hydroxylation is 1. The zero-order chi connectivity index (χ0) is 14.3. The zero-order valence-corrected chi connectivity index (χ0v) is 13.0. The van der Waals surface area contributed by atoms with Crippen LogP contribution in [0.4, 0.5) is 0 Å². The Labute approximate surface area is 120 Å². The van der Waals surface area contributed by atoms with Gasteiger partial charge in [-0.15, -0.1) is 11.3 Å². The second-order valence-electron chi connectivity index (χ2n) is 5.01. The van der Waals surface area contributed by atoms with Crippen molar-refractivity contribution >= 4 is 17.3 Å². The van der Waals surface area contributed by atoms with E-state index < -0.39 is 5.97 Å². The minimum absolute atomic E-state index is 0.440. The van der Waals surface area contributed by atoms with Gasteiger partial charge >= 0.3 is 5.97 Å². The Hall–Kier alpha value is -0.870. The molecule has 0 fully saturated rings. The average Bonchev–Trinajstić information content (AvgIpc) is 2.74. The Balaban J connectivity index is 2.55. The van der Waals surface area contributed by atoms with Gasteiger partial charge < -0.3 is 10.4 Å². The SMILES string of the molecule is CCCCC(CCC)NCc1cc(C(=O)O)sc1C. The molecule has 0 bridgehead atoms. The Kier molecular flexibility index (Phi) is 7.10. The van der Waals surface area contributed by atoms with E-state index >= 15 is 0 Å². The second-order valence-corrected chi connectivity index (χ2v) is 6.26. The maximum Gasteiger partial charge on any atom is 0.345 e. The fourth-order valence-electron chi connectivity index (χ4n) is 2.20. The van der Waals surface area contributed by atoms with Gasteiger partial charge in [0.1, 0.15) is 4.88 Å². The van der Waals surface area contributed by atoms with Crippen molar-refractivity contribution in [3.8, 4) is 0 Å². The molecule has 0 aliphatic rings. The van der Waals surface area contributed by atoms with Crippen molar-refractivity contribution in [1.29, 1.82) is 0 Å². The van der Waals surface area contributed by atoms with E-state index in [4.69, 9.17) is 5.11 Å². The summed E-state index contributed by atoms with van der Waals surface area (Å²) in [4.78, 5) is 12.5. The lowest BCUT2D eigenvalue weighted by Crippen LogP contribution is -2.28. The summed E-state index contributed by atoms with van der Waals surface area (Å²) in [5.74, 6) is -0.824. The molecule has 108 valence electrons. The molecule has 1 aromatic rings. The lowest BCUT2D eigenvalue weighted by Gasteiger charge is -2.17. The van der Waals surface area contributed by atoms with E-state index in [0.717, 1.165) is 17.0 Å². The number of carboxylic acids is 1. The summed E-state index contributed by atoms with van der Waals surface area (Å²) in [5.41, 5.74) is 1.13. The van der Waals surface area contributed by atoms with Gasteiger partial charge in [-0.05, 0) is 31.4 Å². The Morgan fingerprint density at radius 1 is 1.37 bits per heavy atom. The molecule has 0 amide bonds. The Morgan fingerprint density at radius 3 is 2.63 bits per heavy atom. The highest BCUT2D eigenvalue weighted by atomic mass is 32.1. The molecular formula is C15H25NO2S. The first kappa shape index (κ1) is 16.2. The van der Waals surface area contributed by atoms with E-state index in [9.17, 15) is 4.79 Å². The molecule has 0 aliphatic carbocycles. The molecule has 0 aromatic carbocycles. The fraction of sp³-hybridized carbons (Fsp3) is 0.667. The molecule has 0 saturated carbocycles. The first-order valence-electron chi connectivity index (χ1n) is 7.14. The molecule has 3 nitrogen and oxygen atoms in total. The number of unbranched alkanes of at least 4 members (excludes halogenated alkanes) is 1. The zero-order valence-electron chi connectivity index (χ0n) is 12.2. The molecular weight excluding hydrogens is 258 g/mol. The molecule has 2 N–H and O–H groups in total. The summed E-state index contributed by atoms with van der Waals surface area (Å²) in [5, 5.41) is 12.6. The number of hydrogen-bond acceptors (Lipinski definition) is 3. The van der Waals surface area contributed by atoms with Gasteiger partial charge in [-0.25, -0.2) is 4.79 Å². The highest BCUT2D eigenvalue weighted by Crippen LogP contribution is 2.22. The van der Waals surface area contributed by atoms with Gasteiger partial charge in [0, 0.05) is 17.5 Å². The maximum absolute atomic E-state index is 10.9. The lowest BCUT2D eigenvalue weighted by atomic mass is 10.0. The van der Waals surface area contributed by atoms with Gasteiger partial charge in [-0.2, -0.15) is 0 Å². The van der Waals surface area contributed by atoms with Crippen LogP contribution in [0.3, 0.4) is 0 Å². The smallest absolute Gasteiger partial charge is 0.345 e. The molecule has 1 unspecified atom stereocenters. The van der Waals surface area contributed by atoms with Gasteiger partial charge in [0.2, 0.25) is 0 Å². The van der Waals surface area contributed by atoms with Crippen LogP contribution in [-0.2, 0) is 6.54 Å². The van der Waals surface area contributed by atoms with E-state index in [2.05, 4.69) is 19.2 Å². The number of nitrogens with one attached hydrogen (secondary N) is 1. The van der Waals surface area contributed by atoms with Crippen molar-refractivity contribution in [2.24, 2.45) is 0 Å². The van der Waals surface area contributed by atoms with Gasteiger partial charge in [-0.1, -0.05) is 33.1 Å². The predicted octanol–water partition coefficient (Wildman–Crippen LogP) is 4.20. The summed E-state index contributed by atoms with van der Waals surface area (Å²) >= 11 is 1.37. The summed E-state index contributed by atoms with van der Waals surface area (Å²) < 4.78 is 0. The molecule has 1 atom stereocenters. The largest absolute Gasteiger partial charge is 0.477 e. The van der Waals surface area contributed by atoms with Crippen LogP contribution in [-0.4, -0.2) is 17.1 Å². The van der Waals surface area contributed by atoms with E-state index in [1.54, 1.807) is 6.07 Å². The molecule has 0 radical (unpaired) electrons. The Bertz CT molecular complexity index is 401. The topological polar surface area (TPSA) is 49.3 Å². The van der Waals surface area contributed by atoms with E-state index in [0.29, 0.717) is 10.9 Å². The molecule has 0 aliphatic heterocycles. The predicted molar refractivity (Wildman–Crippen MR) is 81.1 cm³/mol. The Morgan fingerprint density at radius 2 is 2.11 bits per heavy atom. The van der Waals surface area contributed by atoms with Crippen molar-refractivity contribution in [2.45, 2.75) is 65.5 Å². The first-order valence-corrected chi connectivity index (χ1v) is 7.96. The van der Waals surface area contributed by atoms with Crippen LogP contribution in [0.2, 0.25) is 0 Å². The second kappa shape index (κ2) is 8.33. The molecule has 1 heterocycles. The number of rotatable bonds is 9. The van der Waals surface area contributed by atoms with E-state index in [-0.39, 0.29) is 0 Å². The number of carbonyl (C=O) groups is 1. The van der Waals surface area contributed by atoms with Crippen LogP contribution in [0.1, 0.15) is 66.1 Å². The van der Waals surface area contributed by atoms with Crippen molar-refractivity contribution < 1.29 is 9.90 Å². The molecule has 1 rings (SSSR count). The van der Waals surface area contributed by atoms with Gasteiger partial charge in [0.25, 0.3) is 0 Å². The quantitative estimate of drug-likeness (QED) is 0.714. The average molecular weight is 283 g/mol. The summed E-state index contributed by atoms with van der Waals surface area (Å²) in [6.07, 6.45) is 6.06. The molecule has 0 saturated heterocycles. The van der Waals surface area contributed by atoms with E-state index in [1.165, 1.54) is 43.4 Å². The van der Waals surface area contributed by atoms with Gasteiger partial charge in [0.05, 0.1) is 0 Å². The normalized spacial score (nSPS) is 12.6. The molecule has 4 heteroatoms. The number of hydrogen-bond donors (Lipinski definition) is 2. The summed E-state index contributed by atoms with van der Waals surface area (Å²) in [7, 11) is 0. The van der Waals surface area contributed by atoms with Crippen molar-refractivity contribution in [3.63, 3.8) is 0 Å². The van der Waals surface area contributed by atoms with Crippen LogP contribution < -0.4 is 5.32 Å². The first-order chi connectivity index (χ1) is 9.08. The van der Waals surface area contributed by atoms with Crippen molar-refractivity contribution in [3.05, 3.63) is 21.4 Å². The third-order valence-corrected chi connectivity index (χ3v) is 4.44. The minimum Gasteiger partial charge on any atom is -0.477 e. The molecule has 19 heavy (non-hydrogen) atoms. The van der Waals surface area contributed by atoms with Crippen LogP contribution in [0.25, 0.3) is 0 Å². The number of aromatic carboxylic acids is 1. The molecule has 1 aromatic heterocycles. The number of carboxylic acid groups (broad SMARTS) is 1. The van der Waals surface area contributed by atoms with Crippen molar-refractivity contribution in [1.82, 2.24) is 5.32 Å². The van der Waals surface area contributed by atoms with E-state index in [1.807, 2.05) is 6.92 Å². The lowest BCUT2D eigenvalue weighted by molar-refractivity contribution is 0.0702. The third kappa shape index (κ3) is 5.33. The maximum atomic E-state index is 10.9. The summed E-state index contributed by atoms with van der Waals surface area (Å²) in [6.45, 7) is 7.20. The third-order valence-electron chi connectivity index (χ3n) is 3.36. The van der Waals surface area contributed by atoms with Crippen LogP contribution in [0, 0.1) is 6.92 Å². The van der Waals surface area contributed by atoms with Gasteiger partial charge in [0.15, 0.2) is 0 Å². The highest BCUT2D eigenvalue weighted by Gasteiger charge is 2.12. The fourth-order valence-corrected chi connectivity index (χ4v) is 3.08. The monoisotopic (exact) mass is 283 g/mol. The van der Waals surface area contributed by atoms with Crippen LogP contribution in [0.15, 0.2) is 6.07 Å². The summed E-state index contributed by atoms with van der Waals surface area (Å²) in [6, 6.07) is 2.36. The van der Waals surface area contributed by atoms with Crippen molar-refractivity contribution in [2.75, 3.05) is 0 Å². The minimum atomic E-state index is -0.824. The van der Waals surface area contributed by atoms with Crippen LogP contribution in [0.5, 0.6) is 0 Å². The molecule has 0 spiro atoms.